The Kier molecular flexibility index (Phi) is 7.07. The maximum atomic E-state index is 9.42. The average molecular weight is 314 g/mol. The van der Waals surface area contributed by atoms with Crippen LogP contribution < -0.4 is 5.32 Å². The molecule has 0 heterocycles. The number of nitrogens with one attached hydrogen (secondary N) is 1. The molecular weight excluding hydrogens is 288 g/mol. The van der Waals surface area contributed by atoms with Crippen molar-refractivity contribution in [2.45, 2.75) is 26.1 Å². The van der Waals surface area contributed by atoms with Crippen LogP contribution in [-0.4, -0.2) is 40.9 Å². The highest BCUT2D eigenvalue weighted by molar-refractivity contribution is 5.45. The van der Waals surface area contributed by atoms with Crippen molar-refractivity contribution in [3.63, 3.8) is 0 Å². The van der Waals surface area contributed by atoms with Gasteiger partial charge in [-0.1, -0.05) is 49.4 Å². The SMILES string of the molecule is CCN(Cc1ccccc1)Cc1cccc(NCC(O)CO)c1. The molecule has 4 nitrogen and oxygen atoms in total. The third-order valence-corrected chi connectivity index (χ3v) is 3.78. The molecule has 124 valence electrons. The highest BCUT2D eigenvalue weighted by atomic mass is 16.3. The lowest BCUT2D eigenvalue weighted by Gasteiger charge is -2.21. The summed E-state index contributed by atoms with van der Waals surface area (Å²) in [5, 5.41) is 21.4. The summed E-state index contributed by atoms with van der Waals surface area (Å²) in [5.74, 6) is 0. The molecule has 0 spiro atoms. The molecule has 0 radical (unpaired) electrons. The van der Waals surface area contributed by atoms with Gasteiger partial charge in [-0.3, -0.25) is 4.90 Å². The molecule has 1 atom stereocenters. The lowest BCUT2D eigenvalue weighted by molar-refractivity contribution is 0.105. The number of aliphatic hydroxyl groups is 2. The molecule has 0 aliphatic rings. The van der Waals surface area contributed by atoms with Crippen LogP contribution in [0.2, 0.25) is 0 Å². The lowest BCUT2D eigenvalue weighted by atomic mass is 10.1. The van der Waals surface area contributed by atoms with Crippen LogP contribution in [0.1, 0.15) is 18.1 Å². The highest BCUT2D eigenvalue weighted by Crippen LogP contribution is 2.14. The van der Waals surface area contributed by atoms with Gasteiger partial charge in [-0.2, -0.15) is 0 Å². The summed E-state index contributed by atoms with van der Waals surface area (Å²) in [5.41, 5.74) is 3.51. The van der Waals surface area contributed by atoms with Crippen molar-refractivity contribution in [2.24, 2.45) is 0 Å². The van der Waals surface area contributed by atoms with Gasteiger partial charge in [0.05, 0.1) is 12.7 Å². The standard InChI is InChI=1S/C19H26N2O2/c1-2-21(13-16-7-4-3-5-8-16)14-17-9-6-10-18(11-17)20-12-19(23)15-22/h3-11,19-20,22-23H,2,12-15H2,1H3. The first-order valence-electron chi connectivity index (χ1n) is 8.09. The number of anilines is 1. The van der Waals surface area contributed by atoms with Crippen LogP contribution in [0.4, 0.5) is 5.69 Å². The molecule has 3 N–H and O–H groups in total. The fourth-order valence-electron chi connectivity index (χ4n) is 2.46. The van der Waals surface area contributed by atoms with E-state index in [4.69, 9.17) is 5.11 Å². The van der Waals surface area contributed by atoms with E-state index in [1.165, 1.54) is 11.1 Å². The van der Waals surface area contributed by atoms with Crippen molar-refractivity contribution in [2.75, 3.05) is 25.0 Å². The van der Waals surface area contributed by atoms with Gasteiger partial charge in [0.15, 0.2) is 0 Å². The molecule has 1 unspecified atom stereocenters. The predicted octanol–water partition coefficient (Wildman–Crippen LogP) is 2.47. The normalized spacial score (nSPS) is 12.3. The molecular formula is C19H26N2O2. The van der Waals surface area contributed by atoms with E-state index in [0.717, 1.165) is 25.3 Å². The molecule has 0 saturated carbocycles. The van der Waals surface area contributed by atoms with Crippen LogP contribution in [0.5, 0.6) is 0 Å². The summed E-state index contributed by atoms with van der Waals surface area (Å²) in [4.78, 5) is 2.39. The van der Waals surface area contributed by atoms with Crippen LogP contribution >= 0.6 is 0 Å². The first-order chi connectivity index (χ1) is 11.2. The molecule has 0 aliphatic carbocycles. The zero-order chi connectivity index (χ0) is 16.5. The van der Waals surface area contributed by atoms with Gasteiger partial charge in [0.2, 0.25) is 0 Å². The summed E-state index contributed by atoms with van der Waals surface area (Å²) in [6.45, 7) is 5.08. The van der Waals surface area contributed by atoms with Crippen molar-refractivity contribution in [1.82, 2.24) is 4.90 Å². The summed E-state index contributed by atoms with van der Waals surface area (Å²) in [7, 11) is 0. The quantitative estimate of drug-likeness (QED) is 0.665. The van der Waals surface area contributed by atoms with Gasteiger partial charge in [-0.05, 0) is 29.8 Å². The molecule has 0 amide bonds. The minimum Gasteiger partial charge on any atom is -0.394 e. The van der Waals surface area contributed by atoms with Crippen molar-refractivity contribution in [1.29, 1.82) is 0 Å². The monoisotopic (exact) mass is 314 g/mol. The topological polar surface area (TPSA) is 55.7 Å². The molecule has 0 fully saturated rings. The number of hydrogen-bond acceptors (Lipinski definition) is 4. The predicted molar refractivity (Wildman–Crippen MR) is 94.3 cm³/mol. The molecule has 23 heavy (non-hydrogen) atoms. The van der Waals surface area contributed by atoms with E-state index in [1.807, 2.05) is 18.2 Å². The Balaban J connectivity index is 1.95. The fourth-order valence-corrected chi connectivity index (χ4v) is 2.46. The Morgan fingerprint density at radius 1 is 1.00 bits per heavy atom. The largest absolute Gasteiger partial charge is 0.394 e. The molecule has 0 saturated heterocycles. The first kappa shape index (κ1) is 17.5. The van der Waals surface area contributed by atoms with Crippen molar-refractivity contribution < 1.29 is 10.2 Å². The van der Waals surface area contributed by atoms with Crippen LogP contribution in [0, 0.1) is 0 Å². The number of benzene rings is 2. The van der Waals surface area contributed by atoms with Gasteiger partial charge in [-0.15, -0.1) is 0 Å². The Labute approximate surface area is 138 Å². The minimum absolute atomic E-state index is 0.229. The number of hydrogen-bond donors (Lipinski definition) is 3. The second kappa shape index (κ2) is 9.30. The molecule has 2 aromatic carbocycles. The van der Waals surface area contributed by atoms with E-state index in [9.17, 15) is 5.11 Å². The lowest BCUT2D eigenvalue weighted by Crippen LogP contribution is -2.23. The van der Waals surface area contributed by atoms with E-state index in [2.05, 4.69) is 53.5 Å². The Hall–Kier alpha value is -1.88. The van der Waals surface area contributed by atoms with Crippen LogP contribution in [-0.2, 0) is 13.1 Å². The first-order valence-corrected chi connectivity index (χ1v) is 8.09. The van der Waals surface area contributed by atoms with Crippen molar-refractivity contribution in [3.8, 4) is 0 Å². The third-order valence-electron chi connectivity index (χ3n) is 3.78. The van der Waals surface area contributed by atoms with E-state index in [-0.39, 0.29) is 6.61 Å². The van der Waals surface area contributed by atoms with Crippen LogP contribution in [0.3, 0.4) is 0 Å². The molecule has 2 rings (SSSR count). The number of nitrogens with zero attached hydrogens (tertiary/aromatic N) is 1. The van der Waals surface area contributed by atoms with Crippen molar-refractivity contribution >= 4 is 5.69 Å². The van der Waals surface area contributed by atoms with E-state index >= 15 is 0 Å². The van der Waals surface area contributed by atoms with E-state index in [1.54, 1.807) is 0 Å². The molecule has 4 heteroatoms. The Bertz CT molecular complexity index is 575. The number of aliphatic hydroxyl groups excluding tert-OH is 2. The third kappa shape index (κ3) is 6.02. The second-order valence-corrected chi connectivity index (χ2v) is 5.71. The molecule has 0 aromatic heterocycles. The zero-order valence-corrected chi connectivity index (χ0v) is 13.7. The van der Waals surface area contributed by atoms with Crippen LogP contribution in [0.15, 0.2) is 54.6 Å². The average Bonchev–Trinajstić information content (AvgIpc) is 2.60. The smallest absolute Gasteiger partial charge is 0.0942 e. The van der Waals surface area contributed by atoms with Gasteiger partial charge in [0.25, 0.3) is 0 Å². The molecule has 2 aromatic rings. The minimum atomic E-state index is -0.733. The summed E-state index contributed by atoms with van der Waals surface area (Å²) < 4.78 is 0. The van der Waals surface area contributed by atoms with Crippen LogP contribution in [0.25, 0.3) is 0 Å². The maximum absolute atomic E-state index is 9.42. The van der Waals surface area contributed by atoms with Crippen molar-refractivity contribution in [3.05, 3.63) is 65.7 Å². The highest BCUT2D eigenvalue weighted by Gasteiger charge is 2.06. The number of rotatable bonds is 9. The fraction of sp³-hybridized carbons (Fsp3) is 0.368. The van der Waals surface area contributed by atoms with E-state index < -0.39 is 6.10 Å². The van der Waals surface area contributed by atoms with E-state index in [0.29, 0.717) is 6.54 Å². The molecule has 0 bridgehead atoms. The second-order valence-electron chi connectivity index (χ2n) is 5.71. The van der Waals surface area contributed by atoms with Gasteiger partial charge in [0, 0.05) is 25.3 Å². The van der Waals surface area contributed by atoms with Gasteiger partial charge in [0.1, 0.15) is 0 Å². The Morgan fingerprint density at radius 2 is 1.70 bits per heavy atom. The maximum Gasteiger partial charge on any atom is 0.0942 e. The van der Waals surface area contributed by atoms with Gasteiger partial charge < -0.3 is 15.5 Å². The van der Waals surface area contributed by atoms with Gasteiger partial charge in [-0.25, -0.2) is 0 Å². The Morgan fingerprint density at radius 3 is 2.39 bits per heavy atom. The zero-order valence-electron chi connectivity index (χ0n) is 13.7. The summed E-state index contributed by atoms with van der Waals surface area (Å²) >= 11 is 0. The molecule has 0 aliphatic heterocycles. The van der Waals surface area contributed by atoms with Gasteiger partial charge >= 0.3 is 0 Å². The summed E-state index contributed by atoms with van der Waals surface area (Å²) in [6, 6.07) is 18.7. The summed E-state index contributed by atoms with van der Waals surface area (Å²) in [6.07, 6.45) is -0.733.